The molecule has 0 saturated carbocycles. The second-order valence-corrected chi connectivity index (χ2v) is 10.7. The third-order valence-corrected chi connectivity index (χ3v) is 6.56. The van der Waals surface area contributed by atoms with Gasteiger partial charge in [0.2, 0.25) is 10.0 Å². The SMILES string of the molecule is COc1ccc(C(CCCNC[C@H](O)COc2ccc(O)c(NS(C)(=O)=O)c2)c2ccc(OC)cc2)cc1. The average Bonchev–Trinajstić information content (AvgIpc) is 2.90. The zero-order valence-electron chi connectivity index (χ0n) is 21.9. The number of hydrogen-bond donors (Lipinski definition) is 4. The van der Waals surface area contributed by atoms with Gasteiger partial charge in [0, 0.05) is 18.5 Å². The smallest absolute Gasteiger partial charge is 0.229 e. The number of hydrogen-bond acceptors (Lipinski definition) is 8. The molecule has 0 aliphatic rings. The first-order chi connectivity index (χ1) is 18.2. The van der Waals surface area contributed by atoms with Gasteiger partial charge in [0.25, 0.3) is 0 Å². The Kier molecular flexibility index (Phi) is 10.6. The van der Waals surface area contributed by atoms with Crippen LogP contribution in [0.15, 0.2) is 66.7 Å². The lowest BCUT2D eigenvalue weighted by Gasteiger charge is -2.19. The first kappa shape index (κ1) is 29.1. The number of nitrogens with one attached hydrogen (secondary N) is 2. The molecule has 10 heteroatoms. The fraction of sp³-hybridized carbons (Fsp3) is 0.357. The Morgan fingerprint density at radius 2 is 1.42 bits per heavy atom. The van der Waals surface area contributed by atoms with Crippen LogP contribution in [0.3, 0.4) is 0 Å². The maximum Gasteiger partial charge on any atom is 0.229 e. The number of aliphatic hydroxyl groups excluding tert-OH is 1. The fourth-order valence-corrected chi connectivity index (χ4v) is 4.60. The van der Waals surface area contributed by atoms with Crippen LogP contribution in [0, 0.1) is 0 Å². The van der Waals surface area contributed by atoms with Gasteiger partial charge in [0.05, 0.1) is 26.2 Å². The van der Waals surface area contributed by atoms with E-state index in [-0.39, 0.29) is 24.0 Å². The van der Waals surface area contributed by atoms with Crippen molar-refractivity contribution < 1.29 is 32.8 Å². The van der Waals surface area contributed by atoms with Gasteiger partial charge in [0.15, 0.2) is 0 Å². The van der Waals surface area contributed by atoms with Gasteiger partial charge in [-0.1, -0.05) is 24.3 Å². The van der Waals surface area contributed by atoms with Crippen molar-refractivity contribution in [1.82, 2.24) is 5.32 Å². The van der Waals surface area contributed by atoms with Crippen molar-refractivity contribution in [2.45, 2.75) is 24.9 Å². The van der Waals surface area contributed by atoms with Crippen LogP contribution >= 0.6 is 0 Å². The Bertz CT molecular complexity index is 1200. The van der Waals surface area contributed by atoms with Crippen molar-refractivity contribution in [3.05, 3.63) is 77.9 Å². The summed E-state index contributed by atoms with van der Waals surface area (Å²) in [5.41, 5.74) is 2.41. The number of methoxy groups -OCH3 is 2. The molecule has 1 atom stereocenters. The molecule has 9 nitrogen and oxygen atoms in total. The van der Waals surface area contributed by atoms with Gasteiger partial charge in [-0.25, -0.2) is 8.42 Å². The van der Waals surface area contributed by atoms with Crippen molar-refractivity contribution in [3.63, 3.8) is 0 Å². The highest BCUT2D eigenvalue weighted by Crippen LogP contribution is 2.32. The maximum absolute atomic E-state index is 11.4. The second-order valence-electron chi connectivity index (χ2n) is 8.96. The Morgan fingerprint density at radius 3 is 1.95 bits per heavy atom. The fourth-order valence-electron chi connectivity index (χ4n) is 4.04. The monoisotopic (exact) mass is 544 g/mol. The van der Waals surface area contributed by atoms with Crippen LogP contribution in [-0.2, 0) is 10.0 Å². The highest BCUT2D eigenvalue weighted by molar-refractivity contribution is 7.92. The molecule has 0 heterocycles. The van der Waals surface area contributed by atoms with Gasteiger partial charge in [-0.3, -0.25) is 4.72 Å². The zero-order valence-corrected chi connectivity index (χ0v) is 22.7. The Hall–Kier alpha value is -3.47. The summed E-state index contributed by atoms with van der Waals surface area (Å²) in [6, 6.07) is 20.4. The molecule has 0 aliphatic carbocycles. The molecule has 0 aliphatic heterocycles. The van der Waals surface area contributed by atoms with Gasteiger partial charge in [0.1, 0.15) is 35.7 Å². The molecule has 0 fully saturated rings. The lowest BCUT2D eigenvalue weighted by molar-refractivity contribution is 0.106. The molecule has 0 unspecified atom stereocenters. The minimum absolute atomic E-state index is 0.0103. The van der Waals surface area contributed by atoms with E-state index >= 15 is 0 Å². The number of ether oxygens (including phenoxy) is 3. The molecule has 38 heavy (non-hydrogen) atoms. The number of benzene rings is 3. The van der Waals surface area contributed by atoms with E-state index in [9.17, 15) is 18.6 Å². The van der Waals surface area contributed by atoms with Crippen molar-refractivity contribution in [2.24, 2.45) is 0 Å². The molecule has 3 rings (SSSR count). The summed E-state index contributed by atoms with van der Waals surface area (Å²) in [6.07, 6.45) is 2.01. The standard InChI is InChI=1S/C28H36N2O7S/c1-35-23-10-6-20(7-11-23)26(21-8-12-24(36-2)13-9-21)5-4-16-29-18-22(31)19-37-25-14-15-28(32)27(17-25)30-38(3,33)34/h6-15,17,22,26,29-32H,4-5,16,18-19H2,1-3H3/t22-/m0/s1. The zero-order chi connectivity index (χ0) is 27.5. The third-order valence-electron chi connectivity index (χ3n) is 5.97. The lowest BCUT2D eigenvalue weighted by Crippen LogP contribution is -2.32. The molecule has 3 aromatic rings. The van der Waals surface area contributed by atoms with Crippen molar-refractivity contribution in [2.75, 3.05) is 44.9 Å². The number of aliphatic hydroxyl groups is 1. The largest absolute Gasteiger partial charge is 0.506 e. The van der Waals surface area contributed by atoms with Gasteiger partial charge >= 0.3 is 0 Å². The van der Waals surface area contributed by atoms with Crippen LogP contribution in [0.1, 0.15) is 29.9 Å². The van der Waals surface area contributed by atoms with E-state index in [4.69, 9.17) is 14.2 Å². The molecular formula is C28H36N2O7S. The van der Waals surface area contributed by atoms with E-state index in [0.29, 0.717) is 18.8 Å². The highest BCUT2D eigenvalue weighted by atomic mass is 32.2. The second kappa shape index (κ2) is 13.9. The lowest BCUT2D eigenvalue weighted by atomic mass is 9.87. The van der Waals surface area contributed by atoms with Crippen molar-refractivity contribution >= 4 is 15.7 Å². The minimum atomic E-state index is -3.55. The quantitative estimate of drug-likeness (QED) is 0.168. The first-order valence-corrected chi connectivity index (χ1v) is 14.2. The Balaban J connectivity index is 1.49. The summed E-state index contributed by atoms with van der Waals surface area (Å²) in [5, 5.41) is 23.4. The van der Waals surface area contributed by atoms with E-state index in [1.165, 1.54) is 29.3 Å². The van der Waals surface area contributed by atoms with Crippen LogP contribution in [-0.4, -0.2) is 64.9 Å². The van der Waals surface area contributed by atoms with Crippen LogP contribution in [0.5, 0.6) is 23.0 Å². The van der Waals surface area contributed by atoms with Gasteiger partial charge < -0.3 is 29.7 Å². The molecule has 0 spiro atoms. The number of sulfonamides is 1. The Morgan fingerprint density at radius 1 is 0.868 bits per heavy atom. The average molecular weight is 545 g/mol. The predicted molar refractivity (Wildman–Crippen MR) is 148 cm³/mol. The summed E-state index contributed by atoms with van der Waals surface area (Å²) in [5.74, 6) is 1.94. The summed E-state index contributed by atoms with van der Waals surface area (Å²) in [4.78, 5) is 0. The summed E-state index contributed by atoms with van der Waals surface area (Å²) in [7, 11) is -0.246. The Labute approximate surface area is 224 Å². The number of phenolic OH excluding ortho intramolecular Hbond substituents is 1. The molecule has 4 N–H and O–H groups in total. The summed E-state index contributed by atoms with van der Waals surface area (Å²) in [6.45, 7) is 1.06. The molecule has 0 bridgehead atoms. The van der Waals surface area contributed by atoms with Crippen LogP contribution in [0.2, 0.25) is 0 Å². The molecule has 0 aromatic heterocycles. The van der Waals surface area contributed by atoms with Crippen LogP contribution < -0.4 is 24.2 Å². The number of rotatable bonds is 15. The van der Waals surface area contributed by atoms with Gasteiger partial charge in [-0.2, -0.15) is 0 Å². The third kappa shape index (κ3) is 9.13. The molecule has 206 valence electrons. The number of phenols is 1. The van der Waals surface area contributed by atoms with E-state index < -0.39 is 16.1 Å². The van der Waals surface area contributed by atoms with Crippen molar-refractivity contribution in [3.8, 4) is 23.0 Å². The highest BCUT2D eigenvalue weighted by Gasteiger charge is 2.15. The van der Waals surface area contributed by atoms with Crippen molar-refractivity contribution in [1.29, 1.82) is 0 Å². The minimum Gasteiger partial charge on any atom is -0.506 e. The molecule has 0 amide bonds. The molecule has 3 aromatic carbocycles. The van der Waals surface area contributed by atoms with E-state index in [0.717, 1.165) is 30.6 Å². The van der Waals surface area contributed by atoms with E-state index in [2.05, 4.69) is 34.3 Å². The van der Waals surface area contributed by atoms with Crippen LogP contribution in [0.4, 0.5) is 5.69 Å². The normalized spacial score (nSPS) is 12.2. The van der Waals surface area contributed by atoms with Gasteiger partial charge in [-0.05, 0) is 66.9 Å². The van der Waals surface area contributed by atoms with E-state index in [1.807, 2.05) is 24.3 Å². The summed E-state index contributed by atoms with van der Waals surface area (Å²) >= 11 is 0. The number of anilines is 1. The number of aromatic hydroxyl groups is 1. The summed E-state index contributed by atoms with van der Waals surface area (Å²) < 4.78 is 41.3. The molecular weight excluding hydrogens is 508 g/mol. The van der Waals surface area contributed by atoms with Gasteiger partial charge in [-0.15, -0.1) is 0 Å². The van der Waals surface area contributed by atoms with E-state index in [1.54, 1.807) is 14.2 Å². The topological polar surface area (TPSA) is 126 Å². The maximum atomic E-state index is 11.4. The molecule has 0 saturated heterocycles. The first-order valence-electron chi connectivity index (χ1n) is 12.3. The molecule has 0 radical (unpaired) electrons. The van der Waals surface area contributed by atoms with Crippen LogP contribution in [0.25, 0.3) is 0 Å². The predicted octanol–water partition coefficient (Wildman–Crippen LogP) is 3.72.